The van der Waals surface area contributed by atoms with Crippen molar-refractivity contribution >= 4 is 5.69 Å². The van der Waals surface area contributed by atoms with Crippen LogP contribution in [0.4, 0.5) is 5.69 Å². The third-order valence-electron chi connectivity index (χ3n) is 3.10. The molecule has 108 valence electrons. The first-order chi connectivity index (χ1) is 10.3. The molecule has 0 heterocycles. The Balaban J connectivity index is 1.69. The highest BCUT2D eigenvalue weighted by Crippen LogP contribution is 2.12. The maximum absolute atomic E-state index is 10.5. The summed E-state index contributed by atoms with van der Waals surface area (Å²) in [6.07, 6.45) is 4.93. The minimum atomic E-state index is -0.382. The Hall–Kier alpha value is -2.46. The number of nitrogens with one attached hydrogen (secondary N) is 1. The van der Waals surface area contributed by atoms with E-state index in [1.807, 2.05) is 18.2 Å². The molecular weight excluding hydrogens is 264 g/mol. The molecule has 0 radical (unpaired) electrons. The van der Waals surface area contributed by atoms with Crippen LogP contribution in [0.2, 0.25) is 0 Å². The fourth-order valence-electron chi connectivity index (χ4n) is 1.95. The van der Waals surface area contributed by atoms with Gasteiger partial charge >= 0.3 is 0 Å². The van der Waals surface area contributed by atoms with Gasteiger partial charge in [-0.3, -0.25) is 10.1 Å². The van der Waals surface area contributed by atoms with E-state index < -0.39 is 0 Å². The molecule has 0 atom stereocenters. The molecule has 21 heavy (non-hydrogen) atoms. The van der Waals surface area contributed by atoms with Crippen molar-refractivity contribution in [2.45, 2.75) is 13.0 Å². The molecule has 4 heteroatoms. The number of hydrogen-bond acceptors (Lipinski definition) is 3. The second-order valence-corrected chi connectivity index (χ2v) is 4.72. The zero-order valence-electron chi connectivity index (χ0n) is 11.7. The number of nitro benzene ring substituents is 1. The minimum absolute atomic E-state index is 0.132. The van der Waals surface area contributed by atoms with Gasteiger partial charge in [0.05, 0.1) is 4.92 Å². The van der Waals surface area contributed by atoms with Crippen LogP contribution in [0.1, 0.15) is 11.1 Å². The molecule has 0 aliphatic carbocycles. The molecule has 0 aliphatic rings. The molecular formula is C17H18N2O2. The summed E-state index contributed by atoms with van der Waals surface area (Å²) in [6.45, 7) is 1.66. The van der Waals surface area contributed by atoms with E-state index in [0.717, 1.165) is 25.1 Å². The number of rotatable bonds is 7. The molecule has 0 aliphatic heterocycles. The molecule has 4 nitrogen and oxygen atoms in total. The summed E-state index contributed by atoms with van der Waals surface area (Å²) in [5.41, 5.74) is 2.47. The number of nitro groups is 1. The lowest BCUT2D eigenvalue weighted by molar-refractivity contribution is -0.384. The summed E-state index contributed by atoms with van der Waals surface area (Å²) >= 11 is 0. The fourth-order valence-corrected chi connectivity index (χ4v) is 1.95. The smallest absolute Gasteiger partial charge is 0.269 e. The minimum Gasteiger partial charge on any atom is -0.309 e. The fraction of sp³-hybridized carbons (Fsp3) is 0.176. The quantitative estimate of drug-likeness (QED) is 0.366. The van der Waals surface area contributed by atoms with Gasteiger partial charge in [-0.05, 0) is 17.5 Å². The van der Waals surface area contributed by atoms with E-state index in [4.69, 9.17) is 0 Å². The molecule has 0 bridgehead atoms. The van der Waals surface area contributed by atoms with Gasteiger partial charge in [-0.2, -0.15) is 0 Å². The van der Waals surface area contributed by atoms with Gasteiger partial charge in [-0.25, -0.2) is 0 Å². The standard InChI is InChI=1S/C17H18N2O2/c20-19(21)17-11-9-15(10-12-17)6-4-5-13-18-14-16-7-2-1-3-8-16/h1-5,7-12,18H,6,13-14H2. The lowest BCUT2D eigenvalue weighted by atomic mass is 10.1. The summed E-state index contributed by atoms with van der Waals surface area (Å²) in [5.74, 6) is 0. The summed E-state index contributed by atoms with van der Waals surface area (Å²) in [6, 6.07) is 16.9. The average Bonchev–Trinajstić information content (AvgIpc) is 2.52. The van der Waals surface area contributed by atoms with Gasteiger partial charge in [-0.15, -0.1) is 0 Å². The topological polar surface area (TPSA) is 55.2 Å². The van der Waals surface area contributed by atoms with Crippen LogP contribution in [0.25, 0.3) is 0 Å². The van der Waals surface area contributed by atoms with Crippen LogP contribution in [0, 0.1) is 10.1 Å². The molecule has 0 spiro atoms. The zero-order chi connectivity index (χ0) is 14.9. The number of hydrogen-bond donors (Lipinski definition) is 1. The number of non-ortho nitro benzene ring substituents is 1. The van der Waals surface area contributed by atoms with E-state index in [-0.39, 0.29) is 10.6 Å². The van der Waals surface area contributed by atoms with Gasteiger partial charge in [0.1, 0.15) is 0 Å². The Kier molecular flexibility index (Phi) is 5.67. The van der Waals surface area contributed by atoms with Crippen molar-refractivity contribution in [2.24, 2.45) is 0 Å². The maximum atomic E-state index is 10.5. The van der Waals surface area contributed by atoms with Crippen molar-refractivity contribution in [3.8, 4) is 0 Å². The van der Waals surface area contributed by atoms with Crippen LogP contribution in [0.5, 0.6) is 0 Å². The van der Waals surface area contributed by atoms with E-state index in [9.17, 15) is 10.1 Å². The van der Waals surface area contributed by atoms with Gasteiger partial charge in [0.25, 0.3) is 5.69 Å². The molecule has 2 aromatic rings. The highest BCUT2D eigenvalue weighted by Gasteiger charge is 2.02. The monoisotopic (exact) mass is 282 g/mol. The van der Waals surface area contributed by atoms with Crippen molar-refractivity contribution in [3.05, 3.63) is 88.0 Å². The van der Waals surface area contributed by atoms with E-state index in [1.165, 1.54) is 17.7 Å². The van der Waals surface area contributed by atoms with Gasteiger partial charge in [0.2, 0.25) is 0 Å². The zero-order valence-corrected chi connectivity index (χ0v) is 11.7. The van der Waals surface area contributed by atoms with E-state index in [2.05, 4.69) is 29.6 Å². The molecule has 0 amide bonds. The maximum Gasteiger partial charge on any atom is 0.269 e. The highest BCUT2D eigenvalue weighted by molar-refractivity contribution is 5.33. The normalized spacial score (nSPS) is 10.9. The van der Waals surface area contributed by atoms with Crippen molar-refractivity contribution in [1.29, 1.82) is 0 Å². The molecule has 0 aromatic heterocycles. The van der Waals surface area contributed by atoms with Crippen molar-refractivity contribution < 1.29 is 4.92 Å². The summed E-state index contributed by atoms with van der Waals surface area (Å²) in [4.78, 5) is 10.2. The summed E-state index contributed by atoms with van der Waals surface area (Å²) < 4.78 is 0. The van der Waals surface area contributed by atoms with Crippen LogP contribution >= 0.6 is 0 Å². The van der Waals surface area contributed by atoms with Crippen LogP contribution in [-0.2, 0) is 13.0 Å². The lowest BCUT2D eigenvalue weighted by Gasteiger charge is -2.01. The molecule has 0 unspecified atom stereocenters. The van der Waals surface area contributed by atoms with Crippen LogP contribution in [-0.4, -0.2) is 11.5 Å². The molecule has 2 aromatic carbocycles. The summed E-state index contributed by atoms with van der Waals surface area (Å²) in [5, 5.41) is 13.9. The van der Waals surface area contributed by atoms with E-state index in [0.29, 0.717) is 0 Å². The van der Waals surface area contributed by atoms with Crippen molar-refractivity contribution in [3.63, 3.8) is 0 Å². The van der Waals surface area contributed by atoms with Crippen molar-refractivity contribution in [1.82, 2.24) is 5.32 Å². The van der Waals surface area contributed by atoms with Gasteiger partial charge in [0, 0.05) is 25.2 Å². The Bertz CT molecular complexity index is 592. The number of allylic oxidation sites excluding steroid dienone is 1. The van der Waals surface area contributed by atoms with Crippen LogP contribution < -0.4 is 5.32 Å². The molecule has 1 N–H and O–H groups in total. The Morgan fingerprint density at radius 1 is 0.952 bits per heavy atom. The highest BCUT2D eigenvalue weighted by atomic mass is 16.6. The number of benzene rings is 2. The summed E-state index contributed by atoms with van der Waals surface area (Å²) in [7, 11) is 0. The predicted molar refractivity (Wildman–Crippen MR) is 84.1 cm³/mol. The van der Waals surface area contributed by atoms with Crippen molar-refractivity contribution in [2.75, 3.05) is 6.54 Å². The van der Waals surface area contributed by atoms with E-state index >= 15 is 0 Å². The second-order valence-electron chi connectivity index (χ2n) is 4.72. The lowest BCUT2D eigenvalue weighted by Crippen LogP contribution is -2.12. The second kappa shape index (κ2) is 7.97. The first kappa shape index (κ1) is 14.9. The van der Waals surface area contributed by atoms with Crippen LogP contribution in [0.15, 0.2) is 66.7 Å². The average molecular weight is 282 g/mol. The SMILES string of the molecule is O=[N+]([O-])c1ccc(CC=CCNCc2ccccc2)cc1. The molecule has 2 rings (SSSR count). The Morgan fingerprint density at radius 3 is 2.33 bits per heavy atom. The van der Waals surface area contributed by atoms with Gasteiger partial charge in [0.15, 0.2) is 0 Å². The molecule has 0 saturated carbocycles. The van der Waals surface area contributed by atoms with Gasteiger partial charge in [-0.1, -0.05) is 54.6 Å². The first-order valence-corrected chi connectivity index (χ1v) is 6.88. The number of nitrogens with zero attached hydrogens (tertiary/aromatic N) is 1. The van der Waals surface area contributed by atoms with Gasteiger partial charge < -0.3 is 5.32 Å². The first-order valence-electron chi connectivity index (χ1n) is 6.88. The molecule has 0 fully saturated rings. The predicted octanol–water partition coefficient (Wildman–Crippen LogP) is 3.48. The largest absolute Gasteiger partial charge is 0.309 e. The third kappa shape index (κ3) is 5.20. The Morgan fingerprint density at radius 2 is 1.67 bits per heavy atom. The van der Waals surface area contributed by atoms with Crippen LogP contribution in [0.3, 0.4) is 0 Å². The van der Waals surface area contributed by atoms with E-state index in [1.54, 1.807) is 12.1 Å². The third-order valence-corrected chi connectivity index (χ3v) is 3.10. The molecule has 0 saturated heterocycles. The Labute approximate surface area is 124 Å².